The van der Waals surface area contributed by atoms with Crippen molar-refractivity contribution in [2.24, 2.45) is 0 Å². The molecule has 0 aliphatic rings. The number of hydrogen-bond donors (Lipinski definition) is 0. The highest BCUT2D eigenvalue weighted by atomic mass is 15.3. The van der Waals surface area contributed by atoms with Crippen LogP contribution in [0.3, 0.4) is 0 Å². The van der Waals surface area contributed by atoms with Crippen molar-refractivity contribution < 1.29 is 0 Å². The first kappa shape index (κ1) is 21.1. The molecule has 0 saturated carbocycles. The molecule has 1 heterocycles. The molecular formula is C21H39N3. The average molecular weight is 334 g/mol. The van der Waals surface area contributed by atoms with Crippen LogP contribution in [0, 0.1) is 0 Å². The van der Waals surface area contributed by atoms with Gasteiger partial charge in [0.05, 0.1) is 11.9 Å². The van der Waals surface area contributed by atoms with Crippen LogP contribution in [0.5, 0.6) is 0 Å². The zero-order valence-corrected chi connectivity index (χ0v) is 16.0. The molecule has 1 rings (SSSR count). The van der Waals surface area contributed by atoms with Crippen molar-refractivity contribution in [2.75, 3.05) is 0 Å². The van der Waals surface area contributed by atoms with Gasteiger partial charge in [-0.2, -0.15) is 0 Å². The summed E-state index contributed by atoms with van der Waals surface area (Å²) in [7, 11) is 0. The van der Waals surface area contributed by atoms with Crippen molar-refractivity contribution in [1.29, 1.82) is 0 Å². The molecule has 1 aromatic heterocycles. The van der Waals surface area contributed by atoms with E-state index < -0.39 is 0 Å². The molecule has 0 radical (unpaired) electrons. The molecule has 0 saturated heterocycles. The lowest BCUT2D eigenvalue weighted by molar-refractivity contribution is 0.529. The molecule has 3 nitrogen and oxygen atoms in total. The second-order valence-corrected chi connectivity index (χ2v) is 7.17. The first-order valence-corrected chi connectivity index (χ1v) is 10.6. The highest BCUT2D eigenvalue weighted by Crippen LogP contribution is 2.14. The van der Waals surface area contributed by atoms with Gasteiger partial charge < -0.3 is 0 Å². The minimum absolute atomic E-state index is 1.05. The summed E-state index contributed by atoms with van der Waals surface area (Å²) in [5.74, 6) is 0. The summed E-state index contributed by atoms with van der Waals surface area (Å²) < 4.78 is 0. The molecular weight excluding hydrogens is 294 g/mol. The molecule has 0 aliphatic carbocycles. The lowest BCUT2D eigenvalue weighted by Gasteiger charge is -2.03. The average Bonchev–Trinajstić information content (AvgIpc) is 2.62. The summed E-state index contributed by atoms with van der Waals surface area (Å²) in [5, 5.41) is 11.4. The van der Waals surface area contributed by atoms with Crippen molar-refractivity contribution in [3.8, 4) is 0 Å². The van der Waals surface area contributed by atoms with E-state index in [1.807, 2.05) is 6.07 Å². The number of aryl methyl sites for hydroxylation is 1. The van der Waals surface area contributed by atoms with E-state index in [4.69, 9.17) is 0 Å². The van der Waals surface area contributed by atoms with Crippen molar-refractivity contribution in [2.45, 2.75) is 116 Å². The van der Waals surface area contributed by atoms with Gasteiger partial charge in [0.1, 0.15) is 0 Å². The number of rotatable bonds is 17. The molecule has 0 fully saturated rings. The second kappa shape index (κ2) is 16.9. The maximum absolute atomic E-state index is 4.02. The molecule has 0 N–H and O–H groups in total. The minimum Gasteiger partial charge on any atom is -0.139 e. The van der Waals surface area contributed by atoms with Gasteiger partial charge in [0.15, 0.2) is 0 Å². The fraction of sp³-hybridized carbons (Fsp3) is 0.857. The van der Waals surface area contributed by atoms with Crippen molar-refractivity contribution in [3.05, 3.63) is 18.0 Å². The Morgan fingerprint density at radius 3 is 1.50 bits per heavy atom. The molecule has 24 heavy (non-hydrogen) atoms. The molecule has 0 atom stereocenters. The van der Waals surface area contributed by atoms with Gasteiger partial charge in [-0.25, -0.2) is 0 Å². The number of hydrogen-bond acceptors (Lipinski definition) is 3. The smallest absolute Gasteiger partial charge is 0.0664 e. The molecule has 3 heteroatoms. The third-order valence-electron chi connectivity index (χ3n) is 4.84. The lowest BCUT2D eigenvalue weighted by Crippen LogP contribution is -1.94. The molecule has 0 unspecified atom stereocenters. The Balaban J connectivity index is 1.70. The maximum Gasteiger partial charge on any atom is 0.0664 e. The third-order valence-corrected chi connectivity index (χ3v) is 4.84. The minimum atomic E-state index is 1.05. The van der Waals surface area contributed by atoms with Crippen LogP contribution in [0.1, 0.15) is 115 Å². The van der Waals surface area contributed by atoms with Crippen LogP contribution < -0.4 is 0 Å². The Kier molecular flexibility index (Phi) is 14.8. The zero-order valence-electron chi connectivity index (χ0n) is 16.0. The lowest BCUT2D eigenvalue weighted by atomic mass is 10.0. The zero-order chi connectivity index (χ0) is 17.1. The van der Waals surface area contributed by atoms with Crippen LogP contribution in [0.25, 0.3) is 0 Å². The number of unbranched alkanes of at least 4 members (excludes halogenated alkanes) is 15. The van der Waals surface area contributed by atoms with E-state index in [1.165, 1.54) is 103 Å². The summed E-state index contributed by atoms with van der Waals surface area (Å²) in [6.07, 6.45) is 25.4. The Hall–Kier alpha value is -0.990. The predicted octanol–water partition coefficient (Wildman–Crippen LogP) is 6.68. The first-order chi connectivity index (χ1) is 11.9. The number of aromatic nitrogens is 3. The van der Waals surface area contributed by atoms with Gasteiger partial charge in [-0.1, -0.05) is 103 Å². The molecule has 1 aromatic rings. The third kappa shape index (κ3) is 13.4. The van der Waals surface area contributed by atoms with Gasteiger partial charge in [-0.15, -0.1) is 10.2 Å². The Bertz CT molecular complexity index is 353. The van der Waals surface area contributed by atoms with Crippen molar-refractivity contribution in [3.63, 3.8) is 0 Å². The molecule has 0 spiro atoms. The first-order valence-electron chi connectivity index (χ1n) is 10.6. The van der Waals surface area contributed by atoms with Crippen LogP contribution in [-0.4, -0.2) is 15.4 Å². The van der Waals surface area contributed by atoms with E-state index in [9.17, 15) is 0 Å². The van der Waals surface area contributed by atoms with E-state index >= 15 is 0 Å². The summed E-state index contributed by atoms with van der Waals surface area (Å²) in [4.78, 5) is 0. The van der Waals surface area contributed by atoms with Gasteiger partial charge in [0.2, 0.25) is 0 Å². The van der Waals surface area contributed by atoms with E-state index in [2.05, 4.69) is 22.3 Å². The van der Waals surface area contributed by atoms with Crippen LogP contribution in [-0.2, 0) is 6.42 Å². The van der Waals surface area contributed by atoms with Gasteiger partial charge >= 0.3 is 0 Å². The molecule has 0 bridgehead atoms. The summed E-state index contributed by atoms with van der Waals surface area (Å²) >= 11 is 0. The van der Waals surface area contributed by atoms with E-state index in [-0.39, 0.29) is 0 Å². The van der Waals surface area contributed by atoms with Crippen LogP contribution in [0.4, 0.5) is 0 Å². The monoisotopic (exact) mass is 333 g/mol. The van der Waals surface area contributed by atoms with Crippen molar-refractivity contribution >= 4 is 0 Å². The summed E-state index contributed by atoms with van der Waals surface area (Å²) in [5.41, 5.74) is 1.08. The van der Waals surface area contributed by atoms with E-state index in [1.54, 1.807) is 6.20 Å². The normalized spacial score (nSPS) is 11.0. The second-order valence-electron chi connectivity index (χ2n) is 7.17. The Labute approximate surface area is 150 Å². The number of nitrogens with zero attached hydrogens (tertiary/aromatic N) is 3. The van der Waals surface area contributed by atoms with Crippen LogP contribution >= 0.6 is 0 Å². The molecule has 0 aliphatic heterocycles. The summed E-state index contributed by atoms with van der Waals surface area (Å²) in [6.45, 7) is 2.29. The van der Waals surface area contributed by atoms with Gasteiger partial charge in [0, 0.05) is 0 Å². The summed E-state index contributed by atoms with van der Waals surface area (Å²) in [6, 6.07) is 1.97. The molecule has 0 amide bonds. The maximum atomic E-state index is 4.02. The van der Waals surface area contributed by atoms with Crippen molar-refractivity contribution in [1.82, 2.24) is 15.4 Å². The topological polar surface area (TPSA) is 38.7 Å². The fourth-order valence-corrected chi connectivity index (χ4v) is 3.25. The Morgan fingerprint density at radius 1 is 0.625 bits per heavy atom. The fourth-order valence-electron chi connectivity index (χ4n) is 3.25. The quantitative estimate of drug-likeness (QED) is 0.299. The highest BCUT2D eigenvalue weighted by molar-refractivity contribution is 4.94. The van der Waals surface area contributed by atoms with Gasteiger partial charge in [-0.05, 0) is 24.1 Å². The van der Waals surface area contributed by atoms with E-state index in [0.29, 0.717) is 0 Å². The Morgan fingerprint density at radius 2 is 1.08 bits per heavy atom. The predicted molar refractivity (Wildman–Crippen MR) is 103 cm³/mol. The molecule has 138 valence electrons. The SMILES string of the molecule is CCCCCCCCCCCCCCCCCCc1ccnnn1. The standard InChI is InChI=1S/C21H39N3/c1-2-3-4-5-6-7-8-9-10-11-12-13-14-15-16-17-18-21-19-20-22-24-23-21/h19-20H,2-18H2,1H3. The highest BCUT2D eigenvalue weighted by Gasteiger charge is 1.96. The largest absolute Gasteiger partial charge is 0.139 e. The van der Waals surface area contributed by atoms with Crippen LogP contribution in [0.15, 0.2) is 12.3 Å². The molecule has 0 aromatic carbocycles. The van der Waals surface area contributed by atoms with Crippen LogP contribution in [0.2, 0.25) is 0 Å². The van der Waals surface area contributed by atoms with E-state index in [0.717, 1.165) is 12.1 Å². The van der Waals surface area contributed by atoms with Gasteiger partial charge in [0.25, 0.3) is 0 Å². The van der Waals surface area contributed by atoms with Gasteiger partial charge in [-0.3, -0.25) is 0 Å².